The van der Waals surface area contributed by atoms with Crippen LogP contribution in [-0.2, 0) is 19.0 Å². The topological polar surface area (TPSA) is 113 Å². The third kappa shape index (κ3) is 3.00. The molecular formula is C12H16O7S. The van der Waals surface area contributed by atoms with E-state index in [1.807, 2.05) is 0 Å². The first kappa shape index (κ1) is 15.4. The molecule has 1 saturated heterocycles. The highest BCUT2D eigenvalue weighted by atomic mass is 32.2. The Hall–Kier alpha value is -1.03. The van der Waals surface area contributed by atoms with Gasteiger partial charge in [0.15, 0.2) is 12.4 Å². The number of ether oxygens (including phenoxy) is 1. The van der Waals surface area contributed by atoms with Crippen LogP contribution >= 0.6 is 0 Å². The monoisotopic (exact) mass is 304 g/mol. The summed E-state index contributed by atoms with van der Waals surface area (Å²) in [7, 11) is -4.14. The fourth-order valence-corrected chi connectivity index (χ4v) is 2.96. The third-order valence-electron chi connectivity index (χ3n) is 3.04. The van der Waals surface area contributed by atoms with Crippen LogP contribution in [0.4, 0.5) is 0 Å². The Labute approximate surface area is 116 Å². The van der Waals surface area contributed by atoms with Gasteiger partial charge in [-0.05, 0) is 19.1 Å². The van der Waals surface area contributed by atoms with E-state index in [0.717, 1.165) is 5.56 Å². The maximum Gasteiger partial charge on any atom is 0.297 e. The number of aryl methyl sites for hydroxylation is 1. The van der Waals surface area contributed by atoms with Crippen molar-refractivity contribution in [3.8, 4) is 0 Å². The molecule has 1 aliphatic rings. The first-order chi connectivity index (χ1) is 9.35. The van der Waals surface area contributed by atoms with Gasteiger partial charge in [0, 0.05) is 0 Å². The lowest BCUT2D eigenvalue weighted by Crippen LogP contribution is -2.37. The zero-order chi connectivity index (χ0) is 14.9. The molecule has 0 unspecified atom stereocenters. The van der Waals surface area contributed by atoms with Crippen molar-refractivity contribution < 1.29 is 32.7 Å². The standard InChI is InChI=1S/C12H16O7S/c1-7-2-4-8(5-3-7)20(16,17)19-11-10(14)9(6-13)18-12(11)15/h2-5,9-15H,6H2,1H3/t9-,10+,11-,12-/m0/s1. The van der Waals surface area contributed by atoms with Gasteiger partial charge in [0.2, 0.25) is 0 Å². The van der Waals surface area contributed by atoms with Gasteiger partial charge in [0.05, 0.1) is 11.5 Å². The lowest BCUT2D eigenvalue weighted by molar-refractivity contribution is -0.127. The van der Waals surface area contributed by atoms with E-state index in [0.29, 0.717) is 0 Å². The molecule has 2 rings (SSSR count). The van der Waals surface area contributed by atoms with E-state index < -0.39 is 41.3 Å². The van der Waals surface area contributed by atoms with Crippen molar-refractivity contribution >= 4 is 10.1 Å². The molecule has 3 N–H and O–H groups in total. The van der Waals surface area contributed by atoms with Gasteiger partial charge in [-0.25, -0.2) is 0 Å². The Kier molecular flexibility index (Phi) is 4.43. The third-order valence-corrected chi connectivity index (χ3v) is 4.37. The molecule has 0 aliphatic carbocycles. The molecule has 0 spiro atoms. The van der Waals surface area contributed by atoms with Crippen molar-refractivity contribution in [3.63, 3.8) is 0 Å². The zero-order valence-electron chi connectivity index (χ0n) is 10.7. The molecule has 0 radical (unpaired) electrons. The molecule has 112 valence electrons. The van der Waals surface area contributed by atoms with Gasteiger partial charge in [0.25, 0.3) is 10.1 Å². The Bertz CT molecular complexity index is 554. The molecule has 0 saturated carbocycles. The van der Waals surface area contributed by atoms with Crippen molar-refractivity contribution in [3.05, 3.63) is 29.8 Å². The lowest BCUT2D eigenvalue weighted by atomic mass is 10.1. The summed E-state index contributed by atoms with van der Waals surface area (Å²) in [5.74, 6) is 0. The molecule has 1 aliphatic heterocycles. The van der Waals surface area contributed by atoms with Crippen LogP contribution in [0.1, 0.15) is 5.56 Å². The highest BCUT2D eigenvalue weighted by Crippen LogP contribution is 2.26. The van der Waals surface area contributed by atoms with Crippen LogP contribution < -0.4 is 0 Å². The van der Waals surface area contributed by atoms with E-state index in [2.05, 4.69) is 0 Å². The molecule has 0 amide bonds. The lowest BCUT2D eigenvalue weighted by Gasteiger charge is -2.17. The summed E-state index contributed by atoms with van der Waals surface area (Å²) >= 11 is 0. The smallest absolute Gasteiger partial charge is 0.297 e. The summed E-state index contributed by atoms with van der Waals surface area (Å²) in [6.07, 6.45) is -5.61. The minimum absolute atomic E-state index is 0.0880. The van der Waals surface area contributed by atoms with Crippen LogP contribution in [0.25, 0.3) is 0 Å². The molecule has 1 aromatic carbocycles. The van der Waals surface area contributed by atoms with Crippen LogP contribution in [0.2, 0.25) is 0 Å². The van der Waals surface area contributed by atoms with Crippen molar-refractivity contribution in [1.82, 2.24) is 0 Å². The number of aliphatic hydroxyl groups is 3. The number of hydrogen-bond donors (Lipinski definition) is 3. The summed E-state index contributed by atoms with van der Waals surface area (Å²) in [5.41, 5.74) is 0.883. The Balaban J connectivity index is 2.18. The average molecular weight is 304 g/mol. The molecule has 4 atom stereocenters. The Morgan fingerprint density at radius 2 is 1.85 bits per heavy atom. The van der Waals surface area contributed by atoms with Gasteiger partial charge in [-0.3, -0.25) is 4.18 Å². The summed E-state index contributed by atoms with van der Waals surface area (Å²) in [5, 5.41) is 28.2. The molecule has 1 fully saturated rings. The van der Waals surface area contributed by atoms with Crippen LogP contribution in [0.15, 0.2) is 29.2 Å². The minimum Gasteiger partial charge on any atom is -0.394 e. The summed E-state index contributed by atoms with van der Waals surface area (Å²) in [6, 6.07) is 5.93. The fourth-order valence-electron chi connectivity index (χ4n) is 1.88. The predicted molar refractivity (Wildman–Crippen MR) is 67.2 cm³/mol. The summed E-state index contributed by atoms with van der Waals surface area (Å²) in [6.45, 7) is 1.25. The summed E-state index contributed by atoms with van der Waals surface area (Å²) in [4.78, 5) is -0.0880. The number of benzene rings is 1. The second kappa shape index (κ2) is 5.76. The highest BCUT2D eigenvalue weighted by molar-refractivity contribution is 7.86. The van der Waals surface area contributed by atoms with Crippen molar-refractivity contribution in [1.29, 1.82) is 0 Å². The Morgan fingerprint density at radius 3 is 2.35 bits per heavy atom. The van der Waals surface area contributed by atoms with E-state index in [4.69, 9.17) is 14.0 Å². The SMILES string of the molecule is Cc1ccc(S(=O)(=O)O[C@H]2[C@H](O)[C@H](CO)O[C@@H]2O)cc1. The Morgan fingerprint density at radius 1 is 1.25 bits per heavy atom. The van der Waals surface area contributed by atoms with Crippen LogP contribution in [0.3, 0.4) is 0 Å². The van der Waals surface area contributed by atoms with Gasteiger partial charge >= 0.3 is 0 Å². The van der Waals surface area contributed by atoms with E-state index in [9.17, 15) is 18.6 Å². The van der Waals surface area contributed by atoms with Crippen molar-refractivity contribution in [2.75, 3.05) is 6.61 Å². The number of rotatable bonds is 4. The molecule has 7 nitrogen and oxygen atoms in total. The van der Waals surface area contributed by atoms with Crippen molar-refractivity contribution in [2.45, 2.75) is 36.4 Å². The first-order valence-corrected chi connectivity index (χ1v) is 7.38. The molecule has 1 heterocycles. The quantitative estimate of drug-likeness (QED) is 0.620. The average Bonchev–Trinajstić information content (AvgIpc) is 2.66. The van der Waals surface area contributed by atoms with Crippen LogP contribution in [0, 0.1) is 6.92 Å². The van der Waals surface area contributed by atoms with Gasteiger partial charge in [-0.1, -0.05) is 17.7 Å². The van der Waals surface area contributed by atoms with Gasteiger partial charge in [-0.15, -0.1) is 0 Å². The minimum atomic E-state index is -4.14. The molecule has 20 heavy (non-hydrogen) atoms. The molecule has 0 aromatic heterocycles. The first-order valence-electron chi connectivity index (χ1n) is 5.97. The van der Waals surface area contributed by atoms with Gasteiger partial charge < -0.3 is 20.1 Å². The van der Waals surface area contributed by atoms with E-state index in [1.54, 1.807) is 19.1 Å². The van der Waals surface area contributed by atoms with E-state index in [1.165, 1.54) is 12.1 Å². The number of aliphatic hydroxyl groups excluding tert-OH is 3. The molecule has 0 bridgehead atoms. The van der Waals surface area contributed by atoms with Crippen molar-refractivity contribution in [2.24, 2.45) is 0 Å². The second-order valence-corrected chi connectivity index (χ2v) is 6.14. The summed E-state index contributed by atoms with van der Waals surface area (Å²) < 4.78 is 33.7. The fraction of sp³-hybridized carbons (Fsp3) is 0.500. The number of hydrogen-bond acceptors (Lipinski definition) is 7. The van der Waals surface area contributed by atoms with Crippen LogP contribution in [0.5, 0.6) is 0 Å². The maximum absolute atomic E-state index is 12.0. The normalized spacial score (nSPS) is 30.6. The highest BCUT2D eigenvalue weighted by Gasteiger charge is 2.46. The van der Waals surface area contributed by atoms with Gasteiger partial charge in [0.1, 0.15) is 12.2 Å². The predicted octanol–water partition coefficient (Wildman–Crippen LogP) is -0.861. The molecule has 8 heteroatoms. The van der Waals surface area contributed by atoms with E-state index in [-0.39, 0.29) is 4.90 Å². The van der Waals surface area contributed by atoms with Gasteiger partial charge in [-0.2, -0.15) is 8.42 Å². The van der Waals surface area contributed by atoms with Crippen LogP contribution in [-0.4, -0.2) is 54.9 Å². The zero-order valence-corrected chi connectivity index (χ0v) is 11.5. The molecule has 1 aromatic rings. The van der Waals surface area contributed by atoms with E-state index >= 15 is 0 Å². The maximum atomic E-state index is 12.0. The largest absolute Gasteiger partial charge is 0.394 e. The second-order valence-electron chi connectivity index (χ2n) is 4.57. The molecular weight excluding hydrogens is 288 g/mol.